The summed E-state index contributed by atoms with van der Waals surface area (Å²) in [5.74, 6) is -1.69. The predicted molar refractivity (Wildman–Crippen MR) is 91.1 cm³/mol. The standard InChI is InChI=1S/2C9H16O2.Zn/c2*1-2-3-4-5-6-7-8-9(10)11;/h2*7-8H,2-6H2,1H3,(H,10,11);. The van der Waals surface area contributed by atoms with Crippen LogP contribution in [0.5, 0.6) is 0 Å². The third-order valence-electron chi connectivity index (χ3n) is 2.97. The summed E-state index contributed by atoms with van der Waals surface area (Å²) in [7, 11) is 0. The zero-order valence-corrected chi connectivity index (χ0v) is 17.8. The van der Waals surface area contributed by atoms with Crippen LogP contribution in [0.25, 0.3) is 0 Å². The zero-order valence-electron chi connectivity index (χ0n) is 14.8. The van der Waals surface area contributed by atoms with Crippen LogP contribution < -0.4 is 0 Å². The SMILES string of the molecule is CCCCCCC=CC(=O)O.CCCCCCC=CC(=O)O.[Zn]. The number of carboxylic acids is 2. The summed E-state index contributed by atoms with van der Waals surface area (Å²) in [6.45, 7) is 4.32. The Hall–Kier alpha value is -0.957. The molecule has 0 amide bonds. The van der Waals surface area contributed by atoms with E-state index in [0.717, 1.165) is 25.7 Å². The van der Waals surface area contributed by atoms with E-state index in [0.29, 0.717) is 0 Å². The van der Waals surface area contributed by atoms with E-state index in [-0.39, 0.29) is 19.5 Å². The van der Waals surface area contributed by atoms with Crippen LogP contribution in [-0.2, 0) is 29.1 Å². The Labute approximate surface area is 153 Å². The van der Waals surface area contributed by atoms with Crippen molar-refractivity contribution in [3.63, 3.8) is 0 Å². The van der Waals surface area contributed by atoms with Crippen molar-refractivity contribution in [3.8, 4) is 0 Å². The van der Waals surface area contributed by atoms with Gasteiger partial charge in [-0.05, 0) is 25.7 Å². The van der Waals surface area contributed by atoms with Crippen LogP contribution in [0.3, 0.4) is 0 Å². The summed E-state index contributed by atoms with van der Waals surface area (Å²) in [6, 6.07) is 0. The molecule has 0 saturated carbocycles. The Morgan fingerprint density at radius 2 is 1.04 bits per heavy atom. The molecule has 5 heteroatoms. The van der Waals surface area contributed by atoms with Crippen molar-refractivity contribution in [2.75, 3.05) is 0 Å². The number of unbranched alkanes of at least 4 members (excludes halogenated alkanes) is 8. The molecular weight excluding hydrogens is 346 g/mol. The van der Waals surface area contributed by atoms with Gasteiger partial charge in [-0.3, -0.25) is 0 Å². The molecule has 130 valence electrons. The molecule has 0 spiro atoms. The van der Waals surface area contributed by atoms with E-state index in [4.69, 9.17) is 10.2 Å². The van der Waals surface area contributed by atoms with Crippen LogP contribution in [0.4, 0.5) is 0 Å². The average molecular weight is 378 g/mol. The molecule has 0 rings (SSSR count). The zero-order chi connectivity index (χ0) is 17.1. The maximum Gasteiger partial charge on any atom is 0.327 e. The molecular formula is C18H32O4Zn. The van der Waals surface area contributed by atoms with Gasteiger partial charge >= 0.3 is 11.9 Å². The van der Waals surface area contributed by atoms with Gasteiger partial charge < -0.3 is 10.2 Å². The summed E-state index contributed by atoms with van der Waals surface area (Å²) in [6.07, 6.45) is 17.2. The minimum atomic E-state index is -0.847. The van der Waals surface area contributed by atoms with Gasteiger partial charge in [0.05, 0.1) is 0 Å². The van der Waals surface area contributed by atoms with Gasteiger partial charge in [-0.15, -0.1) is 0 Å². The Morgan fingerprint density at radius 1 is 0.696 bits per heavy atom. The number of carbonyl (C=O) groups is 2. The van der Waals surface area contributed by atoms with Crippen LogP contribution in [0, 0.1) is 0 Å². The Kier molecular flexibility index (Phi) is 27.3. The molecule has 0 saturated heterocycles. The third kappa shape index (κ3) is 33.7. The van der Waals surface area contributed by atoms with Crippen molar-refractivity contribution >= 4 is 11.9 Å². The molecule has 0 atom stereocenters. The second kappa shape index (κ2) is 23.3. The van der Waals surface area contributed by atoms with Crippen molar-refractivity contribution < 1.29 is 39.3 Å². The number of carboxylic acid groups (broad SMARTS) is 2. The topological polar surface area (TPSA) is 74.6 Å². The molecule has 0 aliphatic heterocycles. The van der Waals surface area contributed by atoms with Crippen molar-refractivity contribution in [3.05, 3.63) is 24.3 Å². The minimum absolute atomic E-state index is 0. The van der Waals surface area contributed by atoms with E-state index >= 15 is 0 Å². The fraction of sp³-hybridized carbons (Fsp3) is 0.667. The molecule has 0 aliphatic rings. The van der Waals surface area contributed by atoms with E-state index in [1.165, 1.54) is 50.7 Å². The van der Waals surface area contributed by atoms with E-state index < -0.39 is 11.9 Å². The summed E-state index contributed by atoms with van der Waals surface area (Å²) >= 11 is 0. The maximum absolute atomic E-state index is 10.0. The van der Waals surface area contributed by atoms with Gasteiger partial charge in [0.25, 0.3) is 0 Å². The molecule has 2 N–H and O–H groups in total. The van der Waals surface area contributed by atoms with Gasteiger partial charge in [-0.1, -0.05) is 64.5 Å². The molecule has 0 fully saturated rings. The van der Waals surface area contributed by atoms with Gasteiger partial charge in [0.2, 0.25) is 0 Å². The average Bonchev–Trinajstić information content (AvgIpc) is 2.46. The molecule has 4 nitrogen and oxygen atoms in total. The van der Waals surface area contributed by atoms with Crippen LogP contribution in [0.2, 0.25) is 0 Å². The first-order valence-corrected chi connectivity index (χ1v) is 8.33. The number of allylic oxidation sites excluding steroid dienone is 2. The Bertz CT molecular complexity index is 293. The number of hydrogen-bond acceptors (Lipinski definition) is 2. The summed E-state index contributed by atoms with van der Waals surface area (Å²) in [4.78, 5) is 20.0. The van der Waals surface area contributed by atoms with Crippen molar-refractivity contribution in [2.24, 2.45) is 0 Å². The molecule has 0 radical (unpaired) electrons. The molecule has 0 bridgehead atoms. The summed E-state index contributed by atoms with van der Waals surface area (Å²) in [5.41, 5.74) is 0. The fourth-order valence-corrected chi connectivity index (χ4v) is 1.75. The quantitative estimate of drug-likeness (QED) is 0.279. The molecule has 0 aromatic carbocycles. The summed E-state index contributed by atoms with van der Waals surface area (Å²) in [5, 5.41) is 16.5. The van der Waals surface area contributed by atoms with E-state index in [2.05, 4.69) is 13.8 Å². The molecule has 0 aliphatic carbocycles. The molecule has 0 heterocycles. The number of rotatable bonds is 12. The van der Waals surface area contributed by atoms with E-state index in [1.807, 2.05) is 0 Å². The van der Waals surface area contributed by atoms with Crippen molar-refractivity contribution in [2.45, 2.75) is 78.1 Å². The third-order valence-corrected chi connectivity index (χ3v) is 2.97. The van der Waals surface area contributed by atoms with Gasteiger partial charge in [-0.2, -0.15) is 0 Å². The maximum atomic E-state index is 10.0. The second-order valence-corrected chi connectivity index (χ2v) is 5.18. The van der Waals surface area contributed by atoms with Gasteiger partial charge in [0.1, 0.15) is 0 Å². The normalized spacial score (nSPS) is 10.2. The fourth-order valence-electron chi connectivity index (χ4n) is 1.75. The van der Waals surface area contributed by atoms with Gasteiger partial charge in [0.15, 0.2) is 0 Å². The van der Waals surface area contributed by atoms with E-state index in [9.17, 15) is 9.59 Å². The summed E-state index contributed by atoms with van der Waals surface area (Å²) < 4.78 is 0. The molecule has 0 unspecified atom stereocenters. The first-order valence-electron chi connectivity index (χ1n) is 8.33. The van der Waals surface area contributed by atoms with Gasteiger partial charge in [-0.25, -0.2) is 9.59 Å². The van der Waals surface area contributed by atoms with Crippen molar-refractivity contribution in [1.82, 2.24) is 0 Å². The largest absolute Gasteiger partial charge is 0.478 e. The van der Waals surface area contributed by atoms with Crippen LogP contribution in [0.1, 0.15) is 78.1 Å². The van der Waals surface area contributed by atoms with Crippen LogP contribution in [0.15, 0.2) is 24.3 Å². The van der Waals surface area contributed by atoms with Gasteiger partial charge in [0, 0.05) is 31.6 Å². The first-order chi connectivity index (χ1) is 10.5. The Morgan fingerprint density at radius 3 is 1.30 bits per heavy atom. The predicted octanol–water partition coefficient (Wildman–Crippen LogP) is 5.19. The number of hydrogen-bond donors (Lipinski definition) is 2. The monoisotopic (exact) mass is 376 g/mol. The number of aliphatic carboxylic acids is 2. The van der Waals surface area contributed by atoms with Crippen LogP contribution in [-0.4, -0.2) is 22.2 Å². The molecule has 0 aromatic heterocycles. The smallest absolute Gasteiger partial charge is 0.327 e. The minimum Gasteiger partial charge on any atom is -0.478 e. The molecule has 23 heavy (non-hydrogen) atoms. The Balaban J connectivity index is -0.000000333. The first kappa shape index (κ1) is 26.9. The van der Waals surface area contributed by atoms with Crippen molar-refractivity contribution in [1.29, 1.82) is 0 Å². The molecule has 0 aromatic rings. The van der Waals surface area contributed by atoms with E-state index in [1.54, 1.807) is 12.2 Å². The van der Waals surface area contributed by atoms with Crippen LogP contribution >= 0.6 is 0 Å². The second-order valence-electron chi connectivity index (χ2n) is 5.18.